The fourth-order valence-corrected chi connectivity index (χ4v) is 5.06. The van der Waals surface area contributed by atoms with E-state index in [1.54, 1.807) is 0 Å². The van der Waals surface area contributed by atoms with Crippen molar-refractivity contribution in [1.29, 1.82) is 0 Å². The van der Waals surface area contributed by atoms with Crippen LogP contribution in [0.25, 0.3) is 28.0 Å². The third-order valence-corrected chi connectivity index (χ3v) is 7.27. The normalized spacial score (nSPS) is 23.5. The Bertz CT molecular complexity index is 1920. The number of ether oxygens (including phenoxy) is 4. The van der Waals surface area contributed by atoms with E-state index < -0.39 is 106 Å². The molecule has 16 heteroatoms. The second kappa shape index (κ2) is 10.8. The lowest BCUT2D eigenvalue weighted by molar-refractivity contribution is -0.290. The Balaban J connectivity index is 1.34. The minimum Gasteiger partial charge on any atom is -0.504 e. The first-order chi connectivity index (χ1) is 21.3. The summed E-state index contributed by atoms with van der Waals surface area (Å²) in [5.41, 5.74) is -1.77. The molecule has 0 amide bonds. The van der Waals surface area contributed by atoms with Crippen molar-refractivity contribution < 1.29 is 78.6 Å². The van der Waals surface area contributed by atoms with Gasteiger partial charge in [0.05, 0.1) is 11.1 Å². The first kappa shape index (κ1) is 29.4. The Morgan fingerprint density at radius 2 is 1.42 bits per heavy atom. The average molecular weight is 626 g/mol. The van der Waals surface area contributed by atoms with Gasteiger partial charge in [-0.05, 0) is 35.9 Å². The third kappa shape index (κ3) is 4.92. The van der Waals surface area contributed by atoms with Gasteiger partial charge in [-0.25, -0.2) is 14.4 Å². The Morgan fingerprint density at radius 3 is 2.04 bits per heavy atom. The molecule has 0 aliphatic carbocycles. The zero-order valence-corrected chi connectivity index (χ0v) is 22.5. The smallest absolute Gasteiger partial charge is 0.339 e. The van der Waals surface area contributed by atoms with Gasteiger partial charge in [-0.15, -0.1) is 0 Å². The standard InChI is InChI=1S/C29H22O16/c30-12-3-1-9(5-13(12)31)2-4-17(34)43-29-23(38)22(37)24-16(42-29)8-41-27(39)10-6-14(32)20(35)25-18(10)19-11(28(40)45-24)7-15(33)21(36)26(19)44-25/h1-7,16,22-24,29-33,35-38H,8H2. The maximum atomic E-state index is 13.5. The lowest BCUT2D eigenvalue weighted by Crippen LogP contribution is -2.61. The molecule has 1 saturated heterocycles. The number of benzene rings is 3. The maximum absolute atomic E-state index is 13.5. The van der Waals surface area contributed by atoms with E-state index in [9.17, 15) is 55.2 Å². The Labute approximate surface area is 249 Å². The van der Waals surface area contributed by atoms with Gasteiger partial charge < -0.3 is 64.2 Å². The van der Waals surface area contributed by atoms with Crippen molar-refractivity contribution in [3.63, 3.8) is 0 Å². The van der Waals surface area contributed by atoms with E-state index in [-0.39, 0.29) is 16.5 Å². The summed E-state index contributed by atoms with van der Waals surface area (Å²) in [5.74, 6) is -7.78. The average Bonchev–Trinajstić information content (AvgIpc) is 3.40. The number of rotatable bonds is 3. The molecule has 2 aliphatic rings. The van der Waals surface area contributed by atoms with Gasteiger partial charge in [0.25, 0.3) is 0 Å². The summed E-state index contributed by atoms with van der Waals surface area (Å²) in [6.45, 7) is -0.770. The summed E-state index contributed by atoms with van der Waals surface area (Å²) < 4.78 is 26.8. The SMILES string of the molecule is O=C(C=Cc1ccc(O)c(O)c1)OC1OC2COC(=O)c3cc(O)c(O)c4oc5c(O)c(O)cc(c5c34)C(=O)OC2C(O)C1O. The molecule has 0 saturated carbocycles. The quantitative estimate of drug-likeness (QED) is 0.0687. The van der Waals surface area contributed by atoms with Crippen LogP contribution in [0.5, 0.6) is 34.5 Å². The van der Waals surface area contributed by atoms with Crippen LogP contribution in [0.3, 0.4) is 0 Å². The van der Waals surface area contributed by atoms with Crippen LogP contribution in [-0.2, 0) is 23.7 Å². The molecular weight excluding hydrogens is 604 g/mol. The highest BCUT2D eigenvalue weighted by molar-refractivity contribution is 6.23. The van der Waals surface area contributed by atoms with Crippen molar-refractivity contribution in [2.75, 3.05) is 6.61 Å². The number of esters is 3. The van der Waals surface area contributed by atoms with Crippen molar-refractivity contribution in [1.82, 2.24) is 0 Å². The molecule has 1 fully saturated rings. The number of carbonyl (C=O) groups is 3. The highest BCUT2D eigenvalue weighted by atomic mass is 16.7. The lowest BCUT2D eigenvalue weighted by Gasteiger charge is -2.41. The van der Waals surface area contributed by atoms with Crippen LogP contribution in [0.1, 0.15) is 26.3 Å². The predicted octanol–water partition coefficient (Wildman–Crippen LogP) is 1.22. The van der Waals surface area contributed by atoms with E-state index in [4.69, 9.17) is 23.4 Å². The number of carbonyl (C=O) groups excluding carboxylic acids is 3. The summed E-state index contributed by atoms with van der Waals surface area (Å²) in [4.78, 5) is 39.2. The molecule has 5 atom stereocenters. The molecule has 16 nitrogen and oxygen atoms in total. The monoisotopic (exact) mass is 626 g/mol. The van der Waals surface area contributed by atoms with Gasteiger partial charge in [-0.1, -0.05) is 6.07 Å². The molecule has 0 radical (unpaired) electrons. The van der Waals surface area contributed by atoms with Crippen LogP contribution in [0.15, 0.2) is 40.8 Å². The van der Waals surface area contributed by atoms with Crippen LogP contribution in [0.4, 0.5) is 0 Å². The largest absolute Gasteiger partial charge is 0.504 e. The molecule has 6 rings (SSSR count). The highest BCUT2D eigenvalue weighted by Crippen LogP contribution is 2.48. The van der Waals surface area contributed by atoms with E-state index in [1.807, 2.05) is 0 Å². The summed E-state index contributed by atoms with van der Waals surface area (Å²) >= 11 is 0. The van der Waals surface area contributed by atoms with Gasteiger partial charge in [0.1, 0.15) is 24.9 Å². The number of fused-ring (bicyclic) bond motifs is 1. The zero-order valence-electron chi connectivity index (χ0n) is 22.5. The van der Waals surface area contributed by atoms with Gasteiger partial charge in [-0.3, -0.25) is 0 Å². The van der Waals surface area contributed by atoms with E-state index in [0.29, 0.717) is 5.56 Å². The van der Waals surface area contributed by atoms with Gasteiger partial charge in [0.15, 0.2) is 40.3 Å². The van der Waals surface area contributed by atoms with Crippen LogP contribution in [0.2, 0.25) is 0 Å². The van der Waals surface area contributed by atoms with Crippen LogP contribution < -0.4 is 0 Å². The Morgan fingerprint density at radius 1 is 0.800 bits per heavy atom. The molecule has 5 unspecified atom stereocenters. The predicted molar refractivity (Wildman–Crippen MR) is 145 cm³/mol. The van der Waals surface area contributed by atoms with Crippen molar-refractivity contribution in [3.8, 4) is 34.5 Å². The number of hydrogen-bond acceptors (Lipinski definition) is 16. The van der Waals surface area contributed by atoms with Gasteiger partial charge in [0, 0.05) is 16.8 Å². The maximum Gasteiger partial charge on any atom is 0.339 e. The van der Waals surface area contributed by atoms with Crippen molar-refractivity contribution in [3.05, 3.63) is 53.1 Å². The number of phenolic OH excluding ortho intramolecular Hbond substituents is 6. The minimum absolute atomic E-state index is 0.291. The molecule has 234 valence electrons. The number of aliphatic hydroxyl groups is 2. The molecule has 0 spiro atoms. The summed E-state index contributed by atoms with van der Waals surface area (Å²) in [6, 6.07) is 5.30. The summed E-state index contributed by atoms with van der Waals surface area (Å²) in [5, 5.41) is 81.4. The lowest BCUT2D eigenvalue weighted by atomic mass is 9.98. The number of cyclic esters (lactones) is 1. The summed E-state index contributed by atoms with van der Waals surface area (Å²) in [7, 11) is 0. The number of aliphatic hydroxyl groups excluding tert-OH is 2. The van der Waals surface area contributed by atoms with Crippen molar-refractivity contribution in [2.45, 2.75) is 30.7 Å². The fourth-order valence-electron chi connectivity index (χ4n) is 5.06. The van der Waals surface area contributed by atoms with E-state index >= 15 is 0 Å². The molecule has 3 heterocycles. The molecule has 3 aromatic carbocycles. The molecule has 4 aromatic rings. The topological polar surface area (TPSA) is 263 Å². The number of hydrogen-bond donors (Lipinski definition) is 8. The first-order valence-corrected chi connectivity index (χ1v) is 13.0. The van der Waals surface area contributed by atoms with E-state index in [1.165, 1.54) is 18.2 Å². The Kier molecular flexibility index (Phi) is 7.03. The van der Waals surface area contributed by atoms with Crippen LogP contribution in [-0.4, -0.2) is 96.1 Å². The second-order valence-corrected chi connectivity index (χ2v) is 10.1. The Hall–Kier alpha value is -5.71. The molecular formula is C29H22O16. The van der Waals surface area contributed by atoms with Gasteiger partial charge >= 0.3 is 17.9 Å². The third-order valence-electron chi connectivity index (χ3n) is 7.27. The van der Waals surface area contributed by atoms with Crippen LogP contribution >= 0.6 is 0 Å². The molecule has 2 aliphatic heterocycles. The van der Waals surface area contributed by atoms with Crippen molar-refractivity contribution >= 4 is 45.9 Å². The molecule has 45 heavy (non-hydrogen) atoms. The number of phenols is 6. The first-order valence-electron chi connectivity index (χ1n) is 13.0. The second-order valence-electron chi connectivity index (χ2n) is 10.1. The van der Waals surface area contributed by atoms with E-state index in [0.717, 1.165) is 24.3 Å². The number of aromatic hydroxyl groups is 6. The molecule has 0 bridgehead atoms. The fraction of sp³-hybridized carbons (Fsp3) is 0.207. The molecule has 8 N–H and O–H groups in total. The molecule has 1 aromatic heterocycles. The number of furan rings is 1. The van der Waals surface area contributed by atoms with Gasteiger partial charge in [0.2, 0.25) is 17.8 Å². The van der Waals surface area contributed by atoms with E-state index in [2.05, 4.69) is 0 Å². The minimum atomic E-state index is -2.00. The highest BCUT2D eigenvalue weighted by Gasteiger charge is 2.49. The zero-order chi connectivity index (χ0) is 32.3. The van der Waals surface area contributed by atoms with Crippen molar-refractivity contribution in [2.24, 2.45) is 0 Å². The summed E-state index contributed by atoms with van der Waals surface area (Å²) in [6.07, 6.45) is -7.10. The van der Waals surface area contributed by atoms with Gasteiger partial charge in [-0.2, -0.15) is 0 Å². The van der Waals surface area contributed by atoms with Crippen LogP contribution in [0, 0.1) is 0 Å².